The molecule has 0 amide bonds. The molecule has 0 aromatic heterocycles. The molecule has 7 heteroatoms. The maximum Gasteiger partial charge on any atom is 0.191 e. The van der Waals surface area contributed by atoms with Gasteiger partial charge in [-0.05, 0) is 30.0 Å². The Hall–Kier alpha value is -0.670. The van der Waals surface area contributed by atoms with Gasteiger partial charge in [-0.3, -0.25) is 4.99 Å². The lowest BCUT2D eigenvalue weighted by Crippen LogP contribution is -2.38. The van der Waals surface area contributed by atoms with Crippen molar-refractivity contribution in [1.29, 1.82) is 0 Å². The highest BCUT2D eigenvalue weighted by Crippen LogP contribution is 2.19. The Labute approximate surface area is 186 Å². The third-order valence-corrected chi connectivity index (χ3v) is 5.32. The van der Waals surface area contributed by atoms with E-state index in [0.717, 1.165) is 45.2 Å². The molecule has 2 N–H and O–H groups in total. The highest BCUT2D eigenvalue weighted by molar-refractivity contribution is 14.0. The van der Waals surface area contributed by atoms with Crippen molar-refractivity contribution in [2.24, 2.45) is 10.9 Å². The number of hydrogen-bond acceptors (Lipinski definition) is 4. The smallest absolute Gasteiger partial charge is 0.191 e. The zero-order valence-electron chi connectivity index (χ0n) is 16.9. The normalized spacial score (nSPS) is 14.8. The third-order valence-electron chi connectivity index (χ3n) is 4.37. The van der Waals surface area contributed by atoms with Crippen molar-refractivity contribution in [2.75, 3.05) is 56.3 Å². The van der Waals surface area contributed by atoms with E-state index >= 15 is 0 Å². The summed E-state index contributed by atoms with van der Waals surface area (Å²) in [5, 5.41) is 6.65. The molecule has 1 aromatic carbocycles. The van der Waals surface area contributed by atoms with E-state index in [-0.39, 0.29) is 24.0 Å². The van der Waals surface area contributed by atoms with Gasteiger partial charge in [0.05, 0.1) is 6.61 Å². The lowest BCUT2D eigenvalue weighted by Gasteiger charge is -2.28. The molecule has 154 valence electrons. The maximum absolute atomic E-state index is 5.62. The molecular weight excluding hydrogens is 471 g/mol. The highest BCUT2D eigenvalue weighted by atomic mass is 127. The number of halogens is 1. The number of ether oxygens (including phenoxy) is 1. The number of nitrogens with zero attached hydrogens (tertiary/aromatic N) is 2. The summed E-state index contributed by atoms with van der Waals surface area (Å²) >= 11 is 2.04. The molecule has 0 spiro atoms. The van der Waals surface area contributed by atoms with Crippen molar-refractivity contribution in [1.82, 2.24) is 10.6 Å². The van der Waals surface area contributed by atoms with Gasteiger partial charge in [0.25, 0.3) is 0 Å². The van der Waals surface area contributed by atoms with E-state index < -0.39 is 0 Å². The van der Waals surface area contributed by atoms with Crippen molar-refractivity contribution in [2.45, 2.75) is 26.8 Å². The quantitative estimate of drug-likeness (QED) is 0.232. The number of hydrogen-bond donors (Lipinski definition) is 2. The van der Waals surface area contributed by atoms with Crippen LogP contribution in [0.4, 0.5) is 5.69 Å². The van der Waals surface area contributed by atoms with Gasteiger partial charge in [-0.25, -0.2) is 0 Å². The van der Waals surface area contributed by atoms with E-state index in [1.54, 1.807) is 7.05 Å². The second kappa shape index (κ2) is 14.3. The molecule has 0 aliphatic carbocycles. The van der Waals surface area contributed by atoms with E-state index in [9.17, 15) is 0 Å². The topological polar surface area (TPSA) is 48.9 Å². The van der Waals surface area contributed by atoms with Gasteiger partial charge in [0, 0.05) is 57.0 Å². The fraction of sp³-hybridized carbons (Fsp3) is 0.650. The molecule has 0 radical (unpaired) electrons. The number of rotatable bonds is 9. The molecule has 0 bridgehead atoms. The Morgan fingerprint density at radius 1 is 1.15 bits per heavy atom. The third kappa shape index (κ3) is 9.89. The van der Waals surface area contributed by atoms with Crippen molar-refractivity contribution < 1.29 is 4.74 Å². The number of benzene rings is 1. The van der Waals surface area contributed by atoms with Gasteiger partial charge in [-0.2, -0.15) is 11.8 Å². The molecule has 1 fully saturated rings. The number of guanidine groups is 1. The SMILES string of the molecule is CN=C(NCCOCCC(C)C)NCc1ccc(N2CCSCC2)cc1.I. The summed E-state index contributed by atoms with van der Waals surface area (Å²) in [4.78, 5) is 6.73. The summed E-state index contributed by atoms with van der Waals surface area (Å²) < 4.78 is 5.62. The minimum absolute atomic E-state index is 0. The molecular formula is C20H35IN4OS. The molecule has 0 saturated carbocycles. The summed E-state index contributed by atoms with van der Waals surface area (Å²) in [6, 6.07) is 8.86. The average Bonchev–Trinajstić information content (AvgIpc) is 2.67. The first kappa shape index (κ1) is 24.4. The van der Waals surface area contributed by atoms with E-state index in [4.69, 9.17) is 4.74 Å². The maximum atomic E-state index is 5.62. The zero-order valence-corrected chi connectivity index (χ0v) is 20.0. The average molecular weight is 506 g/mol. The number of nitrogens with one attached hydrogen (secondary N) is 2. The van der Waals surface area contributed by atoms with E-state index in [0.29, 0.717) is 12.5 Å². The van der Waals surface area contributed by atoms with Gasteiger partial charge in [-0.15, -0.1) is 24.0 Å². The van der Waals surface area contributed by atoms with Crippen molar-refractivity contribution in [3.05, 3.63) is 29.8 Å². The van der Waals surface area contributed by atoms with Crippen LogP contribution in [0.1, 0.15) is 25.8 Å². The summed E-state index contributed by atoms with van der Waals surface area (Å²) in [6.07, 6.45) is 1.11. The molecule has 2 rings (SSSR count). The Morgan fingerprint density at radius 3 is 2.48 bits per heavy atom. The van der Waals surface area contributed by atoms with E-state index in [2.05, 4.69) is 58.6 Å². The van der Waals surface area contributed by atoms with Crippen molar-refractivity contribution in [3.8, 4) is 0 Å². The Bertz CT molecular complexity index is 533. The second-order valence-corrected chi connectivity index (χ2v) is 8.14. The van der Waals surface area contributed by atoms with Gasteiger partial charge >= 0.3 is 0 Å². The molecule has 27 heavy (non-hydrogen) atoms. The molecule has 1 heterocycles. The van der Waals surface area contributed by atoms with Gasteiger partial charge < -0.3 is 20.3 Å². The Kier molecular flexibility index (Phi) is 12.9. The molecule has 1 saturated heterocycles. The summed E-state index contributed by atoms with van der Waals surface area (Å²) in [7, 11) is 1.80. The summed E-state index contributed by atoms with van der Waals surface area (Å²) in [6.45, 7) is 9.80. The first-order valence-corrected chi connectivity index (χ1v) is 10.8. The molecule has 5 nitrogen and oxygen atoms in total. The van der Waals surface area contributed by atoms with Gasteiger partial charge in [-0.1, -0.05) is 26.0 Å². The number of anilines is 1. The minimum Gasteiger partial charge on any atom is -0.380 e. The second-order valence-electron chi connectivity index (χ2n) is 6.91. The van der Waals surface area contributed by atoms with E-state index in [1.807, 2.05) is 11.8 Å². The monoisotopic (exact) mass is 506 g/mol. The van der Waals surface area contributed by atoms with Crippen molar-refractivity contribution in [3.63, 3.8) is 0 Å². The minimum atomic E-state index is 0. The predicted molar refractivity (Wildman–Crippen MR) is 130 cm³/mol. The van der Waals surface area contributed by atoms with Crippen LogP contribution in [0.15, 0.2) is 29.3 Å². The summed E-state index contributed by atoms with van der Waals surface area (Å²) in [5.74, 6) is 3.96. The largest absolute Gasteiger partial charge is 0.380 e. The Balaban J connectivity index is 0.00000364. The van der Waals surface area contributed by atoms with Gasteiger partial charge in [0.1, 0.15) is 0 Å². The number of aliphatic imine (C=N–C) groups is 1. The molecule has 1 aliphatic heterocycles. The van der Waals surface area contributed by atoms with Crippen LogP contribution in [0.2, 0.25) is 0 Å². The number of thioether (sulfide) groups is 1. The van der Waals surface area contributed by atoms with Gasteiger partial charge in [0.2, 0.25) is 0 Å². The fourth-order valence-corrected chi connectivity index (χ4v) is 3.62. The summed E-state index contributed by atoms with van der Waals surface area (Å²) in [5.41, 5.74) is 2.59. The lowest BCUT2D eigenvalue weighted by atomic mass is 10.1. The van der Waals surface area contributed by atoms with Crippen LogP contribution in [-0.2, 0) is 11.3 Å². The van der Waals surface area contributed by atoms with Gasteiger partial charge in [0.15, 0.2) is 5.96 Å². The van der Waals surface area contributed by atoms with Crippen LogP contribution >= 0.6 is 35.7 Å². The van der Waals surface area contributed by atoms with E-state index in [1.165, 1.54) is 22.8 Å². The first-order chi connectivity index (χ1) is 12.7. The predicted octanol–water partition coefficient (Wildman–Crippen LogP) is 3.59. The van der Waals surface area contributed by atoms with Crippen LogP contribution in [0, 0.1) is 5.92 Å². The molecule has 1 aromatic rings. The van der Waals surface area contributed by atoms with Crippen LogP contribution in [0.3, 0.4) is 0 Å². The molecule has 0 unspecified atom stereocenters. The molecule has 0 atom stereocenters. The van der Waals surface area contributed by atoms with Crippen molar-refractivity contribution >= 4 is 47.4 Å². The van der Waals surface area contributed by atoms with Crippen LogP contribution in [-0.4, -0.2) is 57.4 Å². The Morgan fingerprint density at radius 2 is 1.85 bits per heavy atom. The first-order valence-electron chi connectivity index (χ1n) is 9.63. The van der Waals surface area contributed by atoms with Crippen LogP contribution in [0.25, 0.3) is 0 Å². The lowest BCUT2D eigenvalue weighted by molar-refractivity contribution is 0.128. The highest BCUT2D eigenvalue weighted by Gasteiger charge is 2.10. The standard InChI is InChI=1S/C20H34N4OS.HI/c1-17(2)8-12-25-13-9-22-20(21-3)23-16-18-4-6-19(7-5-18)24-10-14-26-15-11-24;/h4-7,17H,8-16H2,1-3H3,(H2,21,22,23);1H. The van der Waals surface area contributed by atoms with Crippen LogP contribution in [0.5, 0.6) is 0 Å². The van der Waals surface area contributed by atoms with Crippen LogP contribution < -0.4 is 15.5 Å². The molecule has 1 aliphatic rings. The zero-order chi connectivity index (χ0) is 18.6. The fourth-order valence-electron chi connectivity index (χ4n) is 2.72.